The smallest absolute Gasteiger partial charge is 0.320 e. The second-order valence-electron chi connectivity index (χ2n) is 5.21. The van der Waals surface area contributed by atoms with Crippen LogP contribution in [0.15, 0.2) is 18.2 Å². The monoisotopic (exact) mass is 327 g/mol. The van der Waals surface area contributed by atoms with E-state index < -0.39 is 5.82 Å². The Hall–Kier alpha value is -1.82. The van der Waals surface area contributed by atoms with Crippen LogP contribution < -0.4 is 5.32 Å². The minimum atomic E-state index is -0.407. The highest BCUT2D eigenvalue weighted by atomic mass is 35.5. The minimum absolute atomic E-state index is 0.0620. The molecule has 1 saturated heterocycles. The van der Waals surface area contributed by atoms with E-state index in [2.05, 4.69) is 5.32 Å². The van der Waals surface area contributed by atoms with Crippen LogP contribution in [-0.4, -0.2) is 47.9 Å². The molecule has 1 aliphatic heterocycles. The van der Waals surface area contributed by atoms with E-state index in [9.17, 15) is 14.0 Å². The number of nitrogens with one attached hydrogen (secondary N) is 1. The van der Waals surface area contributed by atoms with Crippen molar-refractivity contribution in [3.8, 4) is 0 Å². The molecular formula is C15H19ClFN3O2. The lowest BCUT2D eigenvalue weighted by Crippen LogP contribution is -2.40. The molecule has 2 rings (SSSR count). The first kappa shape index (κ1) is 16.5. The van der Waals surface area contributed by atoms with Gasteiger partial charge in [-0.25, -0.2) is 9.18 Å². The topological polar surface area (TPSA) is 52.7 Å². The van der Waals surface area contributed by atoms with E-state index in [0.29, 0.717) is 36.8 Å². The molecule has 0 saturated carbocycles. The fraction of sp³-hybridized carbons (Fsp3) is 0.467. The Labute approximate surface area is 134 Å². The van der Waals surface area contributed by atoms with Crippen molar-refractivity contribution in [2.45, 2.75) is 19.9 Å². The van der Waals surface area contributed by atoms with Gasteiger partial charge >= 0.3 is 6.03 Å². The van der Waals surface area contributed by atoms with E-state index in [1.54, 1.807) is 11.0 Å². The summed E-state index contributed by atoms with van der Waals surface area (Å²) in [5.41, 5.74) is 0.689. The quantitative estimate of drug-likeness (QED) is 0.871. The van der Waals surface area contributed by atoms with Crippen molar-refractivity contribution >= 4 is 23.5 Å². The van der Waals surface area contributed by atoms with Crippen LogP contribution in [0.4, 0.5) is 9.18 Å². The van der Waals surface area contributed by atoms with Gasteiger partial charge in [0, 0.05) is 31.2 Å². The van der Waals surface area contributed by atoms with Gasteiger partial charge in [0.1, 0.15) is 12.4 Å². The van der Waals surface area contributed by atoms with Crippen LogP contribution in [0, 0.1) is 5.82 Å². The van der Waals surface area contributed by atoms with Gasteiger partial charge in [0.05, 0.1) is 0 Å². The molecule has 0 spiro atoms. The predicted molar refractivity (Wildman–Crippen MR) is 82.1 cm³/mol. The third-order valence-electron chi connectivity index (χ3n) is 3.46. The van der Waals surface area contributed by atoms with Crippen molar-refractivity contribution in [1.82, 2.24) is 15.1 Å². The lowest BCUT2D eigenvalue weighted by molar-refractivity contribution is -0.121. The van der Waals surface area contributed by atoms with Crippen LogP contribution in [0.1, 0.15) is 18.9 Å². The average Bonchev–Trinajstić information content (AvgIpc) is 2.81. The molecular weight excluding hydrogens is 309 g/mol. The van der Waals surface area contributed by atoms with Crippen molar-refractivity contribution in [2.75, 3.05) is 26.2 Å². The molecule has 1 aromatic carbocycles. The number of urea groups is 1. The van der Waals surface area contributed by atoms with Crippen LogP contribution >= 0.6 is 11.6 Å². The first-order valence-corrected chi connectivity index (χ1v) is 7.63. The summed E-state index contributed by atoms with van der Waals surface area (Å²) in [7, 11) is 0. The van der Waals surface area contributed by atoms with Gasteiger partial charge in [-0.2, -0.15) is 0 Å². The summed E-state index contributed by atoms with van der Waals surface area (Å²) >= 11 is 5.98. The number of carbonyl (C=O) groups is 2. The van der Waals surface area contributed by atoms with Crippen molar-refractivity contribution in [3.63, 3.8) is 0 Å². The van der Waals surface area contributed by atoms with Crippen molar-refractivity contribution in [2.24, 2.45) is 0 Å². The lowest BCUT2D eigenvalue weighted by atomic mass is 10.2. The number of hydrogen-bond acceptors (Lipinski definition) is 2. The summed E-state index contributed by atoms with van der Waals surface area (Å²) < 4.78 is 13.0. The van der Waals surface area contributed by atoms with Crippen LogP contribution in [0.5, 0.6) is 0 Å². The maximum Gasteiger partial charge on any atom is 0.320 e. The van der Waals surface area contributed by atoms with Gasteiger partial charge in [-0.3, -0.25) is 4.79 Å². The van der Waals surface area contributed by atoms with Crippen LogP contribution in [0.3, 0.4) is 0 Å². The summed E-state index contributed by atoms with van der Waals surface area (Å²) in [6, 6.07) is 3.92. The summed E-state index contributed by atoms with van der Waals surface area (Å²) in [5.74, 6) is -0.562. The molecule has 1 aromatic rings. The Morgan fingerprint density at radius 1 is 1.36 bits per heavy atom. The molecule has 3 amide bonds. The molecule has 1 heterocycles. The van der Waals surface area contributed by atoms with Gasteiger partial charge < -0.3 is 15.1 Å². The van der Waals surface area contributed by atoms with Crippen LogP contribution in [0.2, 0.25) is 5.02 Å². The zero-order valence-electron chi connectivity index (χ0n) is 12.4. The zero-order valence-corrected chi connectivity index (χ0v) is 13.2. The maximum absolute atomic E-state index is 13.0. The van der Waals surface area contributed by atoms with Gasteiger partial charge in [-0.15, -0.1) is 0 Å². The highest BCUT2D eigenvalue weighted by Crippen LogP contribution is 2.21. The number of carbonyl (C=O) groups excluding carboxylic acids is 2. The largest absolute Gasteiger partial charge is 0.355 e. The Bertz CT molecular complexity index is 568. The van der Waals surface area contributed by atoms with Gasteiger partial charge in [-0.1, -0.05) is 24.6 Å². The first-order valence-electron chi connectivity index (χ1n) is 7.25. The standard InChI is InChI=1S/C15H19ClFN3O2/c1-2-5-18-14(21)10-20-7-6-19(15(20)22)9-11-3-4-12(17)8-13(11)16/h3-4,8H,2,5-7,9-10H2,1H3,(H,18,21). The SMILES string of the molecule is CCCNC(=O)CN1CCN(Cc2ccc(F)cc2Cl)C1=O. The normalized spacial score (nSPS) is 14.6. The van der Waals surface area contributed by atoms with Gasteiger partial charge in [0.2, 0.25) is 5.91 Å². The lowest BCUT2D eigenvalue weighted by Gasteiger charge is -2.19. The van der Waals surface area contributed by atoms with Crippen molar-refractivity contribution in [1.29, 1.82) is 0 Å². The average molecular weight is 328 g/mol. The minimum Gasteiger partial charge on any atom is -0.355 e. The Morgan fingerprint density at radius 3 is 2.77 bits per heavy atom. The molecule has 0 bridgehead atoms. The van der Waals surface area contributed by atoms with Gasteiger partial charge in [0.25, 0.3) is 0 Å². The molecule has 0 aromatic heterocycles. The molecule has 0 radical (unpaired) electrons. The van der Waals surface area contributed by atoms with E-state index in [0.717, 1.165) is 6.42 Å². The third-order valence-corrected chi connectivity index (χ3v) is 3.82. The van der Waals surface area contributed by atoms with Crippen molar-refractivity contribution < 1.29 is 14.0 Å². The molecule has 0 unspecified atom stereocenters. The Morgan fingerprint density at radius 2 is 2.09 bits per heavy atom. The molecule has 1 N–H and O–H groups in total. The molecule has 5 nitrogen and oxygen atoms in total. The van der Waals surface area contributed by atoms with E-state index in [-0.39, 0.29) is 18.5 Å². The summed E-state index contributed by atoms with van der Waals surface area (Å²) in [5, 5.41) is 3.04. The van der Waals surface area contributed by atoms with Crippen LogP contribution in [-0.2, 0) is 11.3 Å². The molecule has 1 fully saturated rings. The highest BCUT2D eigenvalue weighted by molar-refractivity contribution is 6.31. The first-order chi connectivity index (χ1) is 10.5. The Kier molecular flexibility index (Phi) is 5.60. The number of benzene rings is 1. The van der Waals surface area contributed by atoms with E-state index >= 15 is 0 Å². The van der Waals surface area contributed by atoms with E-state index in [4.69, 9.17) is 11.6 Å². The van der Waals surface area contributed by atoms with Crippen LogP contribution in [0.25, 0.3) is 0 Å². The molecule has 1 aliphatic rings. The van der Waals surface area contributed by atoms with Gasteiger partial charge in [0.15, 0.2) is 0 Å². The van der Waals surface area contributed by atoms with Gasteiger partial charge in [-0.05, 0) is 24.1 Å². The molecule has 0 atom stereocenters. The predicted octanol–water partition coefficient (Wildman–Crippen LogP) is 2.24. The fourth-order valence-corrected chi connectivity index (χ4v) is 2.50. The number of rotatable bonds is 6. The second kappa shape index (κ2) is 7.45. The van der Waals surface area contributed by atoms with E-state index in [1.165, 1.54) is 17.0 Å². The number of amides is 3. The molecule has 22 heavy (non-hydrogen) atoms. The summed E-state index contributed by atoms with van der Waals surface area (Å²) in [6.07, 6.45) is 0.856. The van der Waals surface area contributed by atoms with Crippen molar-refractivity contribution in [3.05, 3.63) is 34.6 Å². The number of hydrogen-bond donors (Lipinski definition) is 1. The third kappa shape index (κ3) is 4.10. The highest BCUT2D eigenvalue weighted by Gasteiger charge is 2.29. The van der Waals surface area contributed by atoms with E-state index in [1.807, 2.05) is 6.92 Å². The molecule has 0 aliphatic carbocycles. The summed E-state index contributed by atoms with van der Waals surface area (Å²) in [6.45, 7) is 3.97. The number of nitrogens with zero attached hydrogens (tertiary/aromatic N) is 2. The second-order valence-corrected chi connectivity index (χ2v) is 5.62. The maximum atomic E-state index is 13.0. The number of halogens is 2. The zero-order chi connectivity index (χ0) is 16.1. The summed E-state index contributed by atoms with van der Waals surface area (Å²) in [4.78, 5) is 27.0. The molecule has 7 heteroatoms. The molecule has 120 valence electrons. The fourth-order valence-electron chi connectivity index (χ4n) is 2.28. The Balaban J connectivity index is 1.92.